The molecule has 0 aliphatic carbocycles. The van der Waals surface area contributed by atoms with Crippen LogP contribution in [0.5, 0.6) is 6.01 Å². The number of nitrogens with zero attached hydrogens (tertiary/aromatic N) is 6. The van der Waals surface area contributed by atoms with E-state index >= 15 is 4.39 Å². The van der Waals surface area contributed by atoms with E-state index < -0.39 is 5.67 Å². The zero-order valence-electron chi connectivity index (χ0n) is 18.0. The van der Waals surface area contributed by atoms with E-state index in [-0.39, 0.29) is 12.1 Å². The SMILES string of the molecule is COc1nc(N2CC(O)C2)cc(-n2ncc3cc(C)c([C@]4(F)CCCN(C)C4)cc32)n1. The number of rotatable bonds is 4. The Balaban J connectivity index is 1.60. The summed E-state index contributed by atoms with van der Waals surface area (Å²) in [6.45, 7) is 4.29. The molecular formula is C22H27FN6O2. The number of hydrogen-bond donors (Lipinski definition) is 1. The number of aromatic nitrogens is 4. The first-order chi connectivity index (χ1) is 14.9. The van der Waals surface area contributed by atoms with E-state index in [1.54, 1.807) is 10.9 Å². The van der Waals surface area contributed by atoms with Crippen molar-refractivity contribution >= 4 is 16.7 Å². The predicted molar refractivity (Wildman–Crippen MR) is 116 cm³/mol. The van der Waals surface area contributed by atoms with Gasteiger partial charge in [0.15, 0.2) is 5.82 Å². The number of methoxy groups -OCH3 is 1. The highest BCUT2D eigenvalue weighted by molar-refractivity contribution is 5.82. The highest BCUT2D eigenvalue weighted by Gasteiger charge is 2.37. The summed E-state index contributed by atoms with van der Waals surface area (Å²) < 4.78 is 23.0. The van der Waals surface area contributed by atoms with Gasteiger partial charge < -0.3 is 19.6 Å². The minimum absolute atomic E-state index is 0.223. The summed E-state index contributed by atoms with van der Waals surface area (Å²) in [5.74, 6) is 1.21. The van der Waals surface area contributed by atoms with Crippen LogP contribution in [0, 0.1) is 6.92 Å². The number of aliphatic hydroxyl groups is 1. The van der Waals surface area contributed by atoms with Crippen LogP contribution in [0.25, 0.3) is 16.7 Å². The van der Waals surface area contributed by atoms with Crippen LogP contribution in [0.3, 0.4) is 0 Å². The third-order valence-corrected chi connectivity index (χ3v) is 6.29. The van der Waals surface area contributed by atoms with Gasteiger partial charge in [0.05, 0.1) is 24.9 Å². The van der Waals surface area contributed by atoms with Gasteiger partial charge >= 0.3 is 6.01 Å². The molecule has 31 heavy (non-hydrogen) atoms. The lowest BCUT2D eigenvalue weighted by molar-refractivity contribution is 0.0559. The lowest BCUT2D eigenvalue weighted by atomic mass is 9.84. The van der Waals surface area contributed by atoms with E-state index in [0.717, 1.165) is 29.4 Å². The van der Waals surface area contributed by atoms with Crippen molar-refractivity contribution < 1.29 is 14.2 Å². The Labute approximate surface area is 180 Å². The fraction of sp³-hybridized carbons (Fsp3) is 0.500. The molecule has 3 aromatic rings. The number of aliphatic hydroxyl groups excluding tert-OH is 1. The number of likely N-dealkylation sites (tertiary alicyclic amines) is 1. The van der Waals surface area contributed by atoms with Gasteiger partial charge in [-0.1, -0.05) is 0 Å². The van der Waals surface area contributed by atoms with Crippen LogP contribution in [0.2, 0.25) is 0 Å². The van der Waals surface area contributed by atoms with E-state index in [1.807, 2.05) is 42.0 Å². The molecule has 0 radical (unpaired) electrons. The van der Waals surface area contributed by atoms with Crippen LogP contribution in [0.4, 0.5) is 10.2 Å². The van der Waals surface area contributed by atoms with Crippen molar-refractivity contribution in [2.45, 2.75) is 31.5 Å². The van der Waals surface area contributed by atoms with Gasteiger partial charge in [-0.25, -0.2) is 9.07 Å². The maximum atomic E-state index is 16.0. The summed E-state index contributed by atoms with van der Waals surface area (Å²) in [4.78, 5) is 12.9. The van der Waals surface area contributed by atoms with Crippen LogP contribution >= 0.6 is 0 Å². The first-order valence-corrected chi connectivity index (χ1v) is 10.6. The zero-order valence-corrected chi connectivity index (χ0v) is 18.0. The van der Waals surface area contributed by atoms with Gasteiger partial charge in [-0.3, -0.25) is 0 Å². The second-order valence-electron chi connectivity index (χ2n) is 8.72. The Morgan fingerprint density at radius 3 is 2.68 bits per heavy atom. The van der Waals surface area contributed by atoms with E-state index in [0.29, 0.717) is 43.3 Å². The van der Waals surface area contributed by atoms with Gasteiger partial charge in [-0.2, -0.15) is 15.1 Å². The number of ether oxygens (including phenoxy) is 1. The average Bonchev–Trinajstić information content (AvgIpc) is 3.13. The summed E-state index contributed by atoms with van der Waals surface area (Å²) in [5.41, 5.74) is 1.05. The van der Waals surface area contributed by atoms with Gasteiger partial charge in [0.25, 0.3) is 0 Å². The molecule has 0 spiro atoms. The van der Waals surface area contributed by atoms with Gasteiger partial charge in [-0.05, 0) is 56.6 Å². The Bertz CT molecular complexity index is 1130. The Morgan fingerprint density at radius 2 is 1.97 bits per heavy atom. The number of benzene rings is 1. The van der Waals surface area contributed by atoms with Crippen LogP contribution in [-0.2, 0) is 5.67 Å². The average molecular weight is 426 g/mol. The van der Waals surface area contributed by atoms with E-state index in [9.17, 15) is 5.11 Å². The van der Waals surface area contributed by atoms with E-state index in [2.05, 4.69) is 15.1 Å². The summed E-state index contributed by atoms with van der Waals surface area (Å²) in [6, 6.07) is 5.95. The molecule has 0 bridgehead atoms. The number of piperidine rings is 1. The molecule has 2 aromatic heterocycles. The molecule has 1 aromatic carbocycles. The lowest BCUT2D eigenvalue weighted by Gasteiger charge is -2.37. The first-order valence-electron chi connectivity index (χ1n) is 10.6. The molecule has 9 heteroatoms. The van der Waals surface area contributed by atoms with Crippen LogP contribution in [0.15, 0.2) is 24.4 Å². The third-order valence-electron chi connectivity index (χ3n) is 6.29. The van der Waals surface area contributed by atoms with Gasteiger partial charge in [0.1, 0.15) is 11.5 Å². The summed E-state index contributed by atoms with van der Waals surface area (Å²) in [7, 11) is 3.48. The summed E-state index contributed by atoms with van der Waals surface area (Å²) in [6.07, 6.45) is 2.76. The zero-order chi connectivity index (χ0) is 21.8. The standard InChI is InChI=1S/C22H27FN6O2/c1-14-7-15-10-24-29(18(15)8-17(14)22(23)5-4-6-27(2)13-22)20-9-19(25-21(26-20)31-3)28-11-16(30)12-28/h7-10,16,30H,4-6,11-13H2,1-3H3/t22-/m0/s1. The largest absolute Gasteiger partial charge is 0.467 e. The molecule has 0 amide bonds. The lowest BCUT2D eigenvalue weighted by Crippen LogP contribution is -2.51. The first kappa shape index (κ1) is 20.1. The molecule has 1 atom stereocenters. The maximum Gasteiger partial charge on any atom is 0.320 e. The fourth-order valence-electron chi connectivity index (χ4n) is 4.69. The van der Waals surface area contributed by atoms with Crippen molar-refractivity contribution in [3.63, 3.8) is 0 Å². The third kappa shape index (κ3) is 3.51. The minimum atomic E-state index is -1.39. The second kappa shape index (κ2) is 7.42. The summed E-state index contributed by atoms with van der Waals surface area (Å²) >= 11 is 0. The molecule has 164 valence electrons. The molecule has 2 aliphatic rings. The van der Waals surface area contributed by atoms with Crippen molar-refractivity contribution in [2.24, 2.45) is 0 Å². The number of likely N-dealkylation sites (N-methyl/N-ethyl adjacent to an activating group) is 1. The van der Waals surface area contributed by atoms with E-state index in [1.165, 1.54) is 7.11 Å². The number of aryl methyl sites for hydroxylation is 1. The number of anilines is 1. The molecule has 1 N–H and O–H groups in total. The highest BCUT2D eigenvalue weighted by atomic mass is 19.1. The Morgan fingerprint density at radius 1 is 1.19 bits per heavy atom. The smallest absolute Gasteiger partial charge is 0.320 e. The van der Waals surface area contributed by atoms with Crippen LogP contribution in [-0.4, -0.2) is 76.2 Å². The molecule has 2 aliphatic heterocycles. The number of fused-ring (bicyclic) bond motifs is 1. The molecule has 8 nitrogen and oxygen atoms in total. The van der Waals surface area contributed by atoms with Crippen LogP contribution in [0.1, 0.15) is 24.0 Å². The normalized spacial score (nSPS) is 22.7. The summed E-state index contributed by atoms with van der Waals surface area (Å²) in [5, 5.41) is 15.1. The molecule has 5 rings (SSSR count). The molecule has 2 saturated heterocycles. The van der Waals surface area contributed by atoms with Crippen molar-refractivity contribution in [3.05, 3.63) is 35.5 Å². The maximum absolute atomic E-state index is 16.0. The number of hydrogen-bond acceptors (Lipinski definition) is 7. The quantitative estimate of drug-likeness (QED) is 0.685. The molecule has 4 heterocycles. The minimum Gasteiger partial charge on any atom is -0.467 e. The van der Waals surface area contributed by atoms with E-state index in [4.69, 9.17) is 4.74 Å². The monoisotopic (exact) mass is 426 g/mol. The molecule has 0 saturated carbocycles. The van der Waals surface area contributed by atoms with Gasteiger partial charge in [0, 0.05) is 31.1 Å². The highest BCUT2D eigenvalue weighted by Crippen LogP contribution is 2.39. The van der Waals surface area contributed by atoms with Crippen molar-refractivity contribution in [3.8, 4) is 11.8 Å². The van der Waals surface area contributed by atoms with Gasteiger partial charge in [-0.15, -0.1) is 0 Å². The topological polar surface area (TPSA) is 79.5 Å². The van der Waals surface area contributed by atoms with Crippen LogP contribution < -0.4 is 9.64 Å². The second-order valence-corrected chi connectivity index (χ2v) is 8.72. The predicted octanol–water partition coefficient (Wildman–Crippen LogP) is 2.20. The fourth-order valence-corrected chi connectivity index (χ4v) is 4.69. The molecule has 2 fully saturated rings. The number of alkyl halides is 1. The molecule has 0 unspecified atom stereocenters. The van der Waals surface area contributed by atoms with Gasteiger partial charge in [0.2, 0.25) is 0 Å². The number of halogens is 1. The van der Waals surface area contributed by atoms with Crippen molar-refractivity contribution in [2.75, 3.05) is 45.2 Å². The number of β-amino-alcohol motifs (C(OH)–C–C–N with tert-alkyl or cyclic N) is 1. The Hall–Kier alpha value is -2.78. The van der Waals surface area contributed by atoms with Crippen molar-refractivity contribution in [1.82, 2.24) is 24.6 Å². The molecular weight excluding hydrogens is 399 g/mol. The van der Waals surface area contributed by atoms with Crippen molar-refractivity contribution in [1.29, 1.82) is 0 Å². The Kier molecular flexibility index (Phi) is 4.82.